The number of aliphatic hydroxyl groups excluding tert-OH is 2. The molecule has 2 aromatic heterocycles. The van der Waals surface area contributed by atoms with Gasteiger partial charge < -0.3 is 34.9 Å². The van der Waals surface area contributed by atoms with Gasteiger partial charge in [-0.05, 0) is 59.4 Å². The zero-order valence-electron chi connectivity index (χ0n) is 27.9. The molecule has 14 heteroatoms. The fraction of sp³-hybridized carbons (Fsp3) is 0.351. The molecule has 5 N–H and O–H groups in total. The van der Waals surface area contributed by atoms with Gasteiger partial charge in [-0.1, -0.05) is 82.2 Å². The fourth-order valence-electron chi connectivity index (χ4n) is 6.37. The molecule has 1 aliphatic carbocycles. The van der Waals surface area contributed by atoms with Crippen molar-refractivity contribution in [2.45, 2.75) is 54.5 Å². The first-order valence-electron chi connectivity index (χ1n) is 16.4. The van der Waals surface area contributed by atoms with Crippen molar-refractivity contribution in [1.82, 2.24) is 20.1 Å². The highest BCUT2D eigenvalue weighted by molar-refractivity contribution is 9.09. The third-order valence-corrected chi connectivity index (χ3v) is 10.9. The van der Waals surface area contributed by atoms with Gasteiger partial charge in [-0.25, -0.2) is 0 Å². The lowest BCUT2D eigenvalue weighted by atomic mass is 9.76. The molecular weight excluding hydrogens is 742 g/mol. The molecular formula is C37H39BrClN5O7. The SMILES string of the molecule is Cc1ccccc1C1=CC=CC(COc2ccc(C(OCc3cccnc3)C(N)(CO)C(=O)O)cc2Cl)(c2nnc(CN3CC[C@@H](O)C3)o2)C1Br. The second-order valence-electron chi connectivity index (χ2n) is 12.9. The van der Waals surface area contributed by atoms with Crippen LogP contribution in [0.2, 0.25) is 5.02 Å². The van der Waals surface area contributed by atoms with Crippen molar-refractivity contribution in [2.24, 2.45) is 5.73 Å². The number of ether oxygens (including phenoxy) is 2. The summed E-state index contributed by atoms with van der Waals surface area (Å²) in [7, 11) is 0. The van der Waals surface area contributed by atoms with Gasteiger partial charge >= 0.3 is 5.97 Å². The summed E-state index contributed by atoms with van der Waals surface area (Å²) < 4.78 is 18.8. The second kappa shape index (κ2) is 15.7. The van der Waals surface area contributed by atoms with E-state index in [2.05, 4.69) is 42.1 Å². The number of allylic oxidation sites excluding steroid dienone is 3. The molecule has 0 saturated carbocycles. The molecule has 51 heavy (non-hydrogen) atoms. The molecule has 12 nitrogen and oxygen atoms in total. The molecule has 3 heterocycles. The van der Waals surface area contributed by atoms with Crippen LogP contribution in [0.3, 0.4) is 0 Å². The third-order valence-electron chi connectivity index (χ3n) is 9.31. The van der Waals surface area contributed by atoms with Crippen molar-refractivity contribution in [3.05, 3.63) is 124 Å². The van der Waals surface area contributed by atoms with E-state index in [9.17, 15) is 20.1 Å². The lowest BCUT2D eigenvalue weighted by Gasteiger charge is -2.36. The van der Waals surface area contributed by atoms with Crippen LogP contribution in [-0.2, 0) is 28.1 Å². The maximum atomic E-state index is 12.3. The number of nitrogens with zero attached hydrogens (tertiary/aromatic N) is 4. The van der Waals surface area contributed by atoms with Crippen LogP contribution in [0, 0.1) is 6.92 Å². The first-order chi connectivity index (χ1) is 24.5. The molecule has 0 radical (unpaired) electrons. The highest BCUT2D eigenvalue weighted by Crippen LogP contribution is 2.45. The highest BCUT2D eigenvalue weighted by Gasteiger charge is 2.47. The van der Waals surface area contributed by atoms with Gasteiger partial charge in [0.1, 0.15) is 23.9 Å². The van der Waals surface area contributed by atoms with Crippen LogP contribution in [0.5, 0.6) is 5.75 Å². The van der Waals surface area contributed by atoms with Crippen LogP contribution >= 0.6 is 27.5 Å². The first-order valence-corrected chi connectivity index (χ1v) is 17.7. The first kappa shape index (κ1) is 36.8. The van der Waals surface area contributed by atoms with E-state index >= 15 is 0 Å². The van der Waals surface area contributed by atoms with E-state index < -0.39 is 29.6 Å². The number of likely N-dealkylation sites (tertiary alicyclic amines) is 1. The van der Waals surface area contributed by atoms with E-state index in [0.29, 0.717) is 48.2 Å². The molecule has 4 unspecified atom stereocenters. The molecule has 1 fully saturated rings. The number of carboxylic acid groups (broad SMARTS) is 1. The van der Waals surface area contributed by atoms with E-state index in [1.807, 2.05) is 43.4 Å². The predicted octanol–water partition coefficient (Wildman–Crippen LogP) is 4.76. The van der Waals surface area contributed by atoms with Gasteiger partial charge in [-0.15, -0.1) is 10.2 Å². The molecule has 6 rings (SSSR count). The van der Waals surface area contributed by atoms with Crippen molar-refractivity contribution in [1.29, 1.82) is 0 Å². The second-order valence-corrected chi connectivity index (χ2v) is 14.2. The zero-order valence-corrected chi connectivity index (χ0v) is 30.2. The quantitative estimate of drug-likeness (QED) is 0.129. The van der Waals surface area contributed by atoms with Crippen LogP contribution in [0.25, 0.3) is 5.57 Å². The van der Waals surface area contributed by atoms with Crippen LogP contribution in [0.4, 0.5) is 0 Å². The topological polar surface area (TPSA) is 177 Å². The minimum atomic E-state index is -2.17. The molecule has 0 amide bonds. The molecule has 1 saturated heterocycles. The number of β-amino-alcohol motifs (C(OH)–C–C–N with tert-alkyl or cyclic N) is 1. The number of aromatic nitrogens is 3. The Morgan fingerprint density at radius 2 is 2.06 bits per heavy atom. The van der Waals surface area contributed by atoms with Crippen LogP contribution in [0.1, 0.15) is 46.6 Å². The largest absolute Gasteiger partial charge is 0.491 e. The summed E-state index contributed by atoms with van der Waals surface area (Å²) in [5, 5.41) is 39.2. The maximum absolute atomic E-state index is 12.3. The van der Waals surface area contributed by atoms with Gasteiger partial charge in [-0.3, -0.25) is 14.7 Å². The molecule has 1 aliphatic heterocycles. The number of aryl methyl sites for hydroxylation is 1. The number of carboxylic acids is 1. The Bertz CT molecular complexity index is 1910. The Morgan fingerprint density at radius 3 is 2.75 bits per heavy atom. The average molecular weight is 781 g/mol. The van der Waals surface area contributed by atoms with Crippen molar-refractivity contribution in [3.8, 4) is 5.75 Å². The number of benzene rings is 2. The summed E-state index contributed by atoms with van der Waals surface area (Å²) in [4.78, 5) is 18.1. The summed E-state index contributed by atoms with van der Waals surface area (Å²) >= 11 is 10.8. The van der Waals surface area contributed by atoms with Crippen LogP contribution in [-0.4, -0.2) is 84.1 Å². The van der Waals surface area contributed by atoms with E-state index in [0.717, 1.165) is 23.2 Å². The summed E-state index contributed by atoms with van der Waals surface area (Å²) in [5.74, 6) is -0.377. The van der Waals surface area contributed by atoms with Gasteiger partial charge in [0.05, 0.1) is 35.7 Å². The number of alkyl halides is 1. The van der Waals surface area contributed by atoms with Gasteiger partial charge in [-0.2, -0.15) is 0 Å². The third kappa shape index (κ3) is 7.80. The van der Waals surface area contributed by atoms with E-state index in [-0.39, 0.29) is 29.2 Å². The summed E-state index contributed by atoms with van der Waals surface area (Å²) in [6.07, 6.45) is 8.19. The van der Waals surface area contributed by atoms with Crippen molar-refractivity contribution in [2.75, 3.05) is 26.3 Å². The van der Waals surface area contributed by atoms with E-state index in [1.54, 1.807) is 36.7 Å². The van der Waals surface area contributed by atoms with Gasteiger partial charge in [0.15, 0.2) is 5.54 Å². The Labute approximate surface area is 308 Å². The number of halogens is 2. The number of pyridine rings is 1. The summed E-state index contributed by atoms with van der Waals surface area (Å²) in [6.45, 7) is 2.85. The highest BCUT2D eigenvalue weighted by atomic mass is 79.9. The molecule has 5 atom stereocenters. The molecule has 268 valence electrons. The number of aliphatic carboxylic acids is 1. The van der Waals surface area contributed by atoms with Gasteiger partial charge in [0.2, 0.25) is 11.8 Å². The Hall–Kier alpha value is -3.95. The lowest BCUT2D eigenvalue weighted by molar-refractivity contribution is -0.154. The van der Waals surface area contributed by atoms with Crippen molar-refractivity contribution in [3.63, 3.8) is 0 Å². The maximum Gasteiger partial charge on any atom is 0.329 e. The van der Waals surface area contributed by atoms with E-state index in [4.69, 9.17) is 31.2 Å². The fourth-order valence-corrected chi connectivity index (χ4v) is 7.49. The smallest absolute Gasteiger partial charge is 0.329 e. The Balaban J connectivity index is 1.30. The normalized spacial score (nSPS) is 22.4. The monoisotopic (exact) mass is 779 g/mol. The standard InChI is InChI=1S/C37H39BrClN5O7/c1-23-6-2-3-8-27(23)28-9-4-13-36(32(28)38,34-43-42-31(51-34)19-44-15-12-26(46)18-44)22-50-30-11-10-25(16-29(30)39)33(37(40,21-45)35(47)48)49-20-24-7-5-14-41-17-24/h2-11,13-14,16-17,26,32-33,45-46H,12,15,18-22,40H2,1H3,(H,47,48)/t26-,32?,33?,36?,37?/m1/s1. The molecule has 2 aromatic carbocycles. The predicted molar refractivity (Wildman–Crippen MR) is 193 cm³/mol. The minimum Gasteiger partial charge on any atom is -0.491 e. The van der Waals surface area contributed by atoms with Crippen LogP contribution in [0.15, 0.2) is 89.6 Å². The van der Waals surface area contributed by atoms with Crippen LogP contribution < -0.4 is 10.5 Å². The molecule has 0 spiro atoms. The van der Waals surface area contributed by atoms with Gasteiger partial charge in [0.25, 0.3) is 0 Å². The number of carbonyl (C=O) groups is 1. The van der Waals surface area contributed by atoms with Crippen molar-refractivity contribution < 1.29 is 34.0 Å². The molecule has 4 aromatic rings. The lowest BCUT2D eigenvalue weighted by Crippen LogP contribution is -2.56. The van der Waals surface area contributed by atoms with Crippen molar-refractivity contribution >= 4 is 39.1 Å². The van der Waals surface area contributed by atoms with E-state index in [1.165, 1.54) is 6.07 Å². The van der Waals surface area contributed by atoms with Gasteiger partial charge in [0, 0.05) is 25.5 Å². The number of rotatable bonds is 14. The number of hydrogen-bond donors (Lipinski definition) is 4. The Kier molecular flexibility index (Phi) is 11.4. The minimum absolute atomic E-state index is 0.0106. The summed E-state index contributed by atoms with van der Waals surface area (Å²) in [5.41, 5.74) is 7.24. The molecule has 2 aliphatic rings. The zero-order chi connectivity index (χ0) is 36.2. The molecule has 0 bridgehead atoms. The Morgan fingerprint density at radius 1 is 1.24 bits per heavy atom. The number of hydrogen-bond acceptors (Lipinski definition) is 11. The summed E-state index contributed by atoms with van der Waals surface area (Å²) in [6, 6.07) is 16.3. The number of aliphatic hydroxyl groups is 2. The number of nitrogens with two attached hydrogens (primary N) is 1. The average Bonchev–Trinajstić information content (AvgIpc) is 3.78.